The van der Waals surface area contributed by atoms with Crippen LogP contribution in [-0.2, 0) is 0 Å². The number of nitrogens with zero attached hydrogens (tertiary/aromatic N) is 5. The predicted molar refractivity (Wildman–Crippen MR) is 97.8 cm³/mol. The third-order valence-corrected chi connectivity index (χ3v) is 4.69. The number of piperazine rings is 1. The molecule has 1 atom stereocenters. The second kappa shape index (κ2) is 7.01. The molecular formula is C17H17ClN6O3. The number of rotatable bonds is 2. The summed E-state index contributed by atoms with van der Waals surface area (Å²) < 4.78 is 5.50. The maximum Gasteiger partial charge on any atom is 0.417 e. The number of hydrogen-bond acceptors (Lipinski definition) is 7. The van der Waals surface area contributed by atoms with Crippen molar-refractivity contribution in [2.75, 3.05) is 26.7 Å². The van der Waals surface area contributed by atoms with E-state index in [9.17, 15) is 9.90 Å². The van der Waals surface area contributed by atoms with Crippen LogP contribution in [0.3, 0.4) is 0 Å². The average Bonchev–Trinajstić information content (AvgIpc) is 2.98. The number of aromatic amines is 1. The summed E-state index contributed by atoms with van der Waals surface area (Å²) in [6.07, 6.45) is 3.91. The molecule has 1 aliphatic heterocycles. The molecule has 1 fully saturated rings. The minimum Gasteiger partial charge on any atom is -0.493 e. The van der Waals surface area contributed by atoms with E-state index in [0.29, 0.717) is 30.2 Å². The number of fused-ring (bicyclic) bond motifs is 1. The number of carbonyl (C=O) groups excluding carboxylic acids is 1. The normalized spacial score (nSPS) is 18.0. The Hall–Kier alpha value is -2.91. The Kier molecular flexibility index (Phi) is 4.54. The third-order valence-electron chi connectivity index (χ3n) is 4.47. The van der Waals surface area contributed by atoms with Crippen molar-refractivity contribution in [3.8, 4) is 11.8 Å². The monoisotopic (exact) mass is 388 g/mol. The van der Waals surface area contributed by atoms with E-state index in [1.54, 1.807) is 23.2 Å². The van der Waals surface area contributed by atoms with E-state index >= 15 is 0 Å². The highest BCUT2D eigenvalue weighted by molar-refractivity contribution is 6.30. The Morgan fingerprint density at radius 2 is 2.04 bits per heavy atom. The molecule has 4 rings (SSSR count). The van der Waals surface area contributed by atoms with Crippen LogP contribution in [0.1, 0.15) is 11.7 Å². The number of amides is 1. The fraction of sp³-hybridized carbons (Fsp3) is 0.294. The van der Waals surface area contributed by atoms with Crippen molar-refractivity contribution in [2.24, 2.45) is 0 Å². The first-order chi connectivity index (χ1) is 13.0. The van der Waals surface area contributed by atoms with Gasteiger partial charge in [-0.05, 0) is 19.2 Å². The van der Waals surface area contributed by atoms with Crippen LogP contribution in [0.4, 0.5) is 4.79 Å². The van der Waals surface area contributed by atoms with Gasteiger partial charge < -0.3 is 14.7 Å². The minimum atomic E-state index is -0.557. The van der Waals surface area contributed by atoms with E-state index < -0.39 is 6.09 Å². The molecular weight excluding hydrogens is 372 g/mol. The molecule has 1 saturated heterocycles. The van der Waals surface area contributed by atoms with Crippen LogP contribution in [0.25, 0.3) is 11.0 Å². The van der Waals surface area contributed by atoms with Crippen molar-refractivity contribution in [1.82, 2.24) is 29.7 Å². The average molecular weight is 389 g/mol. The number of nitrogens with one attached hydrogen (secondary N) is 1. The largest absolute Gasteiger partial charge is 0.493 e. The number of H-pyrrole nitrogens is 1. The molecule has 3 aromatic heterocycles. The molecule has 0 aromatic carbocycles. The van der Waals surface area contributed by atoms with Gasteiger partial charge in [0.25, 0.3) is 0 Å². The molecule has 0 saturated carbocycles. The fourth-order valence-electron chi connectivity index (χ4n) is 3.10. The lowest BCUT2D eigenvalue weighted by Gasteiger charge is -2.38. The first kappa shape index (κ1) is 17.5. The number of halogens is 1. The maximum absolute atomic E-state index is 12.9. The number of aromatic nitrogens is 4. The van der Waals surface area contributed by atoms with E-state index in [1.165, 1.54) is 12.4 Å². The summed E-state index contributed by atoms with van der Waals surface area (Å²) in [6.45, 7) is 1.79. The van der Waals surface area contributed by atoms with Gasteiger partial charge >= 0.3 is 6.09 Å². The van der Waals surface area contributed by atoms with E-state index in [1.807, 2.05) is 7.05 Å². The zero-order chi connectivity index (χ0) is 19.0. The summed E-state index contributed by atoms with van der Waals surface area (Å²) in [5.74, 6) is -0.141. The molecule has 9 nitrogen and oxygen atoms in total. The molecule has 27 heavy (non-hydrogen) atoms. The van der Waals surface area contributed by atoms with Gasteiger partial charge in [-0.15, -0.1) is 0 Å². The number of pyridine rings is 1. The molecule has 1 unspecified atom stereocenters. The van der Waals surface area contributed by atoms with Crippen molar-refractivity contribution in [3.63, 3.8) is 0 Å². The number of ether oxygens (including phenoxy) is 1. The van der Waals surface area contributed by atoms with Gasteiger partial charge in [0.2, 0.25) is 11.8 Å². The molecule has 0 radical (unpaired) electrons. The highest BCUT2D eigenvalue weighted by Gasteiger charge is 2.33. The fourth-order valence-corrected chi connectivity index (χ4v) is 3.21. The molecule has 0 bridgehead atoms. The minimum absolute atomic E-state index is 0.0577. The number of hydrogen-bond donors (Lipinski definition) is 2. The van der Waals surface area contributed by atoms with Crippen molar-refractivity contribution in [3.05, 3.63) is 41.4 Å². The molecule has 0 spiro atoms. The zero-order valence-corrected chi connectivity index (χ0v) is 15.2. The van der Waals surface area contributed by atoms with Gasteiger partial charge in [0.15, 0.2) is 11.0 Å². The topological polar surface area (TPSA) is 107 Å². The summed E-state index contributed by atoms with van der Waals surface area (Å²) in [5.41, 5.74) is 1.26. The van der Waals surface area contributed by atoms with Gasteiger partial charge in [-0.2, -0.15) is 0 Å². The smallest absolute Gasteiger partial charge is 0.417 e. The van der Waals surface area contributed by atoms with Crippen LogP contribution < -0.4 is 4.74 Å². The molecule has 1 aliphatic rings. The van der Waals surface area contributed by atoms with Crippen LogP contribution in [-0.4, -0.2) is 67.6 Å². The Balaban J connectivity index is 1.61. The Labute approximate surface area is 159 Å². The maximum atomic E-state index is 12.9. The predicted octanol–water partition coefficient (Wildman–Crippen LogP) is 2.20. The molecule has 140 valence electrons. The molecule has 4 heterocycles. The second-order valence-electron chi connectivity index (χ2n) is 6.30. The van der Waals surface area contributed by atoms with Crippen LogP contribution in [0, 0.1) is 0 Å². The highest BCUT2D eigenvalue weighted by Crippen LogP contribution is 2.31. The zero-order valence-electron chi connectivity index (χ0n) is 14.5. The van der Waals surface area contributed by atoms with Gasteiger partial charge in [-0.1, -0.05) is 11.6 Å². The molecule has 3 aromatic rings. The lowest BCUT2D eigenvalue weighted by molar-refractivity contribution is 0.0800. The van der Waals surface area contributed by atoms with Crippen LogP contribution in [0.15, 0.2) is 30.7 Å². The lowest BCUT2D eigenvalue weighted by atomic mass is 10.1. The van der Waals surface area contributed by atoms with Crippen molar-refractivity contribution < 1.29 is 14.6 Å². The first-order valence-electron chi connectivity index (χ1n) is 8.33. The van der Waals surface area contributed by atoms with Gasteiger partial charge in [0.1, 0.15) is 0 Å². The summed E-state index contributed by atoms with van der Waals surface area (Å²) in [5, 5.41) is 10.4. The van der Waals surface area contributed by atoms with E-state index in [-0.39, 0.29) is 23.3 Å². The Morgan fingerprint density at radius 1 is 1.26 bits per heavy atom. The first-order valence-corrected chi connectivity index (χ1v) is 8.71. The summed E-state index contributed by atoms with van der Waals surface area (Å²) in [4.78, 5) is 31.7. The van der Waals surface area contributed by atoms with Crippen LogP contribution in [0.2, 0.25) is 5.02 Å². The number of aromatic hydroxyl groups is 1. The SMILES string of the molecule is CN1CCN(C(=O)Oc2[nH]c(O)c3nccnc23)C(c2ccc(Cl)cn2)C1. The van der Waals surface area contributed by atoms with Crippen molar-refractivity contribution in [1.29, 1.82) is 0 Å². The lowest BCUT2D eigenvalue weighted by Crippen LogP contribution is -2.50. The molecule has 1 amide bonds. The summed E-state index contributed by atoms with van der Waals surface area (Å²) >= 11 is 5.92. The van der Waals surface area contributed by atoms with E-state index in [4.69, 9.17) is 16.3 Å². The number of carbonyl (C=O) groups is 1. The Bertz CT molecular complexity index is 976. The third kappa shape index (κ3) is 3.38. The van der Waals surface area contributed by atoms with Gasteiger partial charge in [-0.25, -0.2) is 14.8 Å². The van der Waals surface area contributed by atoms with Crippen molar-refractivity contribution in [2.45, 2.75) is 6.04 Å². The second-order valence-corrected chi connectivity index (χ2v) is 6.73. The van der Waals surface area contributed by atoms with Crippen LogP contribution in [0.5, 0.6) is 11.8 Å². The molecule has 10 heteroatoms. The van der Waals surface area contributed by atoms with Gasteiger partial charge in [-0.3, -0.25) is 14.9 Å². The quantitative estimate of drug-likeness (QED) is 0.692. The summed E-state index contributed by atoms with van der Waals surface area (Å²) in [7, 11) is 1.98. The molecule has 0 aliphatic carbocycles. The van der Waals surface area contributed by atoms with E-state index in [2.05, 4.69) is 24.8 Å². The van der Waals surface area contributed by atoms with E-state index in [0.717, 1.165) is 5.69 Å². The standard InChI is InChI=1S/C17H17ClN6O3/c1-23-6-7-24(12(9-23)11-3-2-10(18)8-21-11)17(26)27-16-14-13(15(25)22-16)19-4-5-20-14/h2-5,8,12,22,25H,6-7,9H2,1H3. The van der Waals surface area contributed by atoms with Gasteiger partial charge in [0, 0.05) is 38.2 Å². The van der Waals surface area contributed by atoms with Gasteiger partial charge in [0.05, 0.1) is 16.8 Å². The highest BCUT2D eigenvalue weighted by atomic mass is 35.5. The molecule has 2 N–H and O–H groups in total. The summed E-state index contributed by atoms with van der Waals surface area (Å²) in [6, 6.07) is 3.26. The van der Waals surface area contributed by atoms with Crippen molar-refractivity contribution >= 4 is 28.7 Å². The van der Waals surface area contributed by atoms with Crippen LogP contribution >= 0.6 is 11.6 Å². The Morgan fingerprint density at radius 3 is 2.78 bits per heavy atom. The number of likely N-dealkylation sites (N-methyl/N-ethyl adjacent to an activating group) is 1.